The second-order valence-corrected chi connectivity index (χ2v) is 6.16. The third-order valence-electron chi connectivity index (χ3n) is 4.54. The van der Waals surface area contributed by atoms with E-state index in [1.807, 2.05) is 0 Å². The van der Waals surface area contributed by atoms with Gasteiger partial charge in [0.05, 0.1) is 4.92 Å². The fraction of sp³-hybridized carbons (Fsp3) is 0.500. The van der Waals surface area contributed by atoms with Crippen LogP contribution in [0.25, 0.3) is 10.9 Å². The van der Waals surface area contributed by atoms with E-state index >= 15 is 0 Å². The molecule has 3 rings (SSSR count). The molecule has 0 radical (unpaired) electrons. The highest BCUT2D eigenvalue weighted by molar-refractivity contribution is 5.82. The predicted octanol–water partition coefficient (Wildman–Crippen LogP) is 3.66. The average molecular weight is 287 g/mol. The molecule has 1 saturated heterocycles. The van der Waals surface area contributed by atoms with Crippen LogP contribution < -0.4 is 0 Å². The van der Waals surface area contributed by atoms with Gasteiger partial charge in [-0.05, 0) is 51.9 Å². The standard InChI is InChI=1S/C16H21N3O2/c1-11(2)18-7-5-12(6-8-18)16-10-13-9-14(19(20)21)3-4-15(13)17-16/h3-4,9-12,17H,5-8H2,1-2H3. The summed E-state index contributed by atoms with van der Waals surface area (Å²) in [6.45, 7) is 6.72. The van der Waals surface area contributed by atoms with E-state index in [-0.39, 0.29) is 10.6 Å². The zero-order chi connectivity index (χ0) is 15.0. The molecule has 21 heavy (non-hydrogen) atoms. The van der Waals surface area contributed by atoms with Crippen molar-refractivity contribution in [2.75, 3.05) is 13.1 Å². The first-order valence-electron chi connectivity index (χ1n) is 7.55. The molecule has 1 fully saturated rings. The lowest BCUT2D eigenvalue weighted by atomic mass is 9.93. The summed E-state index contributed by atoms with van der Waals surface area (Å²) in [5.74, 6) is 0.534. The van der Waals surface area contributed by atoms with Crippen molar-refractivity contribution >= 4 is 16.6 Å². The number of aromatic amines is 1. The number of H-pyrrole nitrogens is 1. The van der Waals surface area contributed by atoms with E-state index in [1.54, 1.807) is 18.2 Å². The molecule has 1 aliphatic rings. The summed E-state index contributed by atoms with van der Waals surface area (Å²) in [5.41, 5.74) is 2.36. The number of nitro groups is 1. The summed E-state index contributed by atoms with van der Waals surface area (Å²) in [4.78, 5) is 16.4. The highest BCUT2D eigenvalue weighted by atomic mass is 16.6. The molecule has 1 aromatic carbocycles. The largest absolute Gasteiger partial charge is 0.358 e. The van der Waals surface area contributed by atoms with Crippen molar-refractivity contribution in [3.05, 3.63) is 40.1 Å². The van der Waals surface area contributed by atoms with Gasteiger partial charge in [0.2, 0.25) is 0 Å². The molecule has 0 bridgehead atoms. The van der Waals surface area contributed by atoms with Crippen LogP contribution in [0.2, 0.25) is 0 Å². The molecule has 0 unspecified atom stereocenters. The van der Waals surface area contributed by atoms with E-state index in [9.17, 15) is 10.1 Å². The predicted molar refractivity (Wildman–Crippen MR) is 83.6 cm³/mol. The van der Waals surface area contributed by atoms with Crippen molar-refractivity contribution in [3.63, 3.8) is 0 Å². The van der Waals surface area contributed by atoms with E-state index in [2.05, 4.69) is 29.8 Å². The first-order valence-corrected chi connectivity index (χ1v) is 7.55. The van der Waals surface area contributed by atoms with Gasteiger partial charge in [-0.3, -0.25) is 10.1 Å². The van der Waals surface area contributed by atoms with Crippen LogP contribution in [0.5, 0.6) is 0 Å². The van der Waals surface area contributed by atoms with E-state index in [4.69, 9.17) is 0 Å². The molecule has 2 aromatic rings. The number of non-ortho nitro benzene ring substituents is 1. The third-order valence-corrected chi connectivity index (χ3v) is 4.54. The molecule has 0 saturated carbocycles. The monoisotopic (exact) mass is 287 g/mol. The van der Waals surface area contributed by atoms with Gasteiger partial charge in [0, 0.05) is 40.7 Å². The number of aromatic nitrogens is 1. The maximum Gasteiger partial charge on any atom is 0.270 e. The van der Waals surface area contributed by atoms with Gasteiger partial charge in [-0.15, -0.1) is 0 Å². The highest BCUT2D eigenvalue weighted by Crippen LogP contribution is 2.31. The van der Waals surface area contributed by atoms with Gasteiger partial charge in [-0.25, -0.2) is 0 Å². The van der Waals surface area contributed by atoms with Gasteiger partial charge >= 0.3 is 0 Å². The van der Waals surface area contributed by atoms with Crippen LogP contribution in [-0.4, -0.2) is 33.9 Å². The fourth-order valence-electron chi connectivity index (χ4n) is 3.20. The number of hydrogen-bond donors (Lipinski definition) is 1. The summed E-state index contributed by atoms with van der Waals surface area (Å²) >= 11 is 0. The Balaban J connectivity index is 1.80. The van der Waals surface area contributed by atoms with Gasteiger partial charge in [0.1, 0.15) is 0 Å². The van der Waals surface area contributed by atoms with Crippen LogP contribution in [-0.2, 0) is 0 Å². The van der Waals surface area contributed by atoms with Crippen molar-refractivity contribution in [1.29, 1.82) is 0 Å². The number of fused-ring (bicyclic) bond motifs is 1. The maximum absolute atomic E-state index is 10.8. The smallest absolute Gasteiger partial charge is 0.270 e. The van der Waals surface area contributed by atoms with Crippen LogP contribution in [0.1, 0.15) is 38.3 Å². The van der Waals surface area contributed by atoms with Gasteiger partial charge in [-0.1, -0.05) is 0 Å². The van der Waals surface area contributed by atoms with Crippen LogP contribution in [0, 0.1) is 10.1 Å². The molecule has 5 heteroatoms. The summed E-state index contributed by atoms with van der Waals surface area (Å²) in [6.07, 6.45) is 2.29. The number of piperidine rings is 1. The van der Waals surface area contributed by atoms with Crippen molar-refractivity contribution in [2.45, 2.75) is 38.6 Å². The minimum absolute atomic E-state index is 0.155. The molecule has 1 aliphatic heterocycles. The normalized spacial score (nSPS) is 17.7. The molecule has 1 aromatic heterocycles. The summed E-state index contributed by atoms with van der Waals surface area (Å²) in [7, 11) is 0. The van der Waals surface area contributed by atoms with Crippen LogP contribution >= 0.6 is 0 Å². The van der Waals surface area contributed by atoms with Crippen molar-refractivity contribution < 1.29 is 4.92 Å². The van der Waals surface area contributed by atoms with Gasteiger partial charge in [0.25, 0.3) is 5.69 Å². The first kappa shape index (κ1) is 14.1. The molecule has 1 N–H and O–H groups in total. The molecule has 0 aliphatic carbocycles. The molecule has 112 valence electrons. The fourth-order valence-corrected chi connectivity index (χ4v) is 3.20. The quantitative estimate of drug-likeness (QED) is 0.692. The minimum Gasteiger partial charge on any atom is -0.358 e. The first-order chi connectivity index (χ1) is 10.0. The Morgan fingerprint density at radius 2 is 2.00 bits per heavy atom. The average Bonchev–Trinajstić information content (AvgIpc) is 2.90. The number of benzene rings is 1. The second-order valence-electron chi connectivity index (χ2n) is 6.16. The van der Waals surface area contributed by atoms with Crippen LogP contribution in [0.4, 0.5) is 5.69 Å². The van der Waals surface area contributed by atoms with E-state index < -0.39 is 0 Å². The Kier molecular flexibility index (Phi) is 3.68. The Bertz CT molecular complexity index is 655. The van der Waals surface area contributed by atoms with Crippen LogP contribution in [0.3, 0.4) is 0 Å². The SMILES string of the molecule is CC(C)N1CCC(c2cc3cc([N+](=O)[O-])ccc3[nH]2)CC1. The number of nitrogens with one attached hydrogen (secondary N) is 1. The van der Waals surface area contributed by atoms with Gasteiger partial charge < -0.3 is 9.88 Å². The maximum atomic E-state index is 10.8. The Morgan fingerprint density at radius 3 is 2.62 bits per heavy atom. The highest BCUT2D eigenvalue weighted by Gasteiger charge is 2.23. The van der Waals surface area contributed by atoms with E-state index in [0.29, 0.717) is 12.0 Å². The van der Waals surface area contributed by atoms with Crippen molar-refractivity contribution in [3.8, 4) is 0 Å². The van der Waals surface area contributed by atoms with Gasteiger partial charge in [-0.2, -0.15) is 0 Å². The molecule has 0 atom stereocenters. The Hall–Kier alpha value is -1.88. The van der Waals surface area contributed by atoms with E-state index in [0.717, 1.165) is 36.8 Å². The number of nitro benzene ring substituents is 1. The summed E-state index contributed by atoms with van der Waals surface area (Å²) < 4.78 is 0. The second kappa shape index (κ2) is 5.48. The number of hydrogen-bond acceptors (Lipinski definition) is 3. The Morgan fingerprint density at radius 1 is 1.29 bits per heavy atom. The van der Waals surface area contributed by atoms with Crippen molar-refractivity contribution in [2.24, 2.45) is 0 Å². The summed E-state index contributed by atoms with van der Waals surface area (Å²) in [5, 5.41) is 11.8. The molecule has 0 amide bonds. The zero-order valence-corrected chi connectivity index (χ0v) is 12.5. The zero-order valence-electron chi connectivity index (χ0n) is 12.5. The molecular formula is C16H21N3O2. The molecular weight excluding hydrogens is 266 g/mol. The Labute approximate surface area is 124 Å². The minimum atomic E-state index is -0.340. The molecule has 5 nitrogen and oxygen atoms in total. The van der Waals surface area contributed by atoms with Crippen LogP contribution in [0.15, 0.2) is 24.3 Å². The third kappa shape index (κ3) is 2.78. The topological polar surface area (TPSA) is 62.2 Å². The lowest BCUT2D eigenvalue weighted by Gasteiger charge is -2.34. The van der Waals surface area contributed by atoms with E-state index in [1.165, 1.54) is 5.69 Å². The molecule has 0 spiro atoms. The number of nitrogens with zero attached hydrogens (tertiary/aromatic N) is 2. The number of rotatable bonds is 3. The summed E-state index contributed by atoms with van der Waals surface area (Å²) in [6, 6.07) is 7.71. The lowest BCUT2D eigenvalue weighted by molar-refractivity contribution is -0.384. The molecule has 2 heterocycles. The van der Waals surface area contributed by atoms with Crippen molar-refractivity contribution in [1.82, 2.24) is 9.88 Å². The lowest BCUT2D eigenvalue weighted by Crippen LogP contribution is -2.37. The number of likely N-dealkylation sites (tertiary alicyclic amines) is 1. The van der Waals surface area contributed by atoms with Gasteiger partial charge in [0.15, 0.2) is 0 Å².